The van der Waals surface area contributed by atoms with Gasteiger partial charge in [-0.05, 0) is 51.4 Å². The molecule has 0 N–H and O–H groups in total. The van der Waals surface area contributed by atoms with Crippen molar-refractivity contribution in [1.29, 1.82) is 0 Å². The standard InChI is InChI=1S/C16H25NO2/c1-2-18-15-9-4-5-10-16(15)19-14-8-13-17-11-6-3-7-12-17/h4-5,9-10H,2-3,6-8,11-14H2,1H3. The molecule has 0 saturated carbocycles. The van der Waals surface area contributed by atoms with Crippen molar-refractivity contribution in [1.82, 2.24) is 4.90 Å². The summed E-state index contributed by atoms with van der Waals surface area (Å²) in [5, 5.41) is 0. The first-order valence-corrected chi connectivity index (χ1v) is 7.47. The van der Waals surface area contributed by atoms with Crippen LogP contribution >= 0.6 is 0 Å². The molecule has 3 nitrogen and oxygen atoms in total. The molecule has 0 spiro atoms. The lowest BCUT2D eigenvalue weighted by molar-refractivity contribution is 0.202. The first kappa shape index (κ1) is 14.2. The highest BCUT2D eigenvalue weighted by Crippen LogP contribution is 2.26. The fraction of sp³-hybridized carbons (Fsp3) is 0.625. The Balaban J connectivity index is 1.70. The van der Waals surface area contributed by atoms with Crippen LogP contribution in [0.1, 0.15) is 32.6 Å². The molecule has 1 heterocycles. The van der Waals surface area contributed by atoms with Gasteiger partial charge in [0.05, 0.1) is 13.2 Å². The molecule has 1 aliphatic heterocycles. The number of nitrogens with zero attached hydrogens (tertiary/aromatic N) is 1. The van der Waals surface area contributed by atoms with E-state index in [1.165, 1.54) is 32.4 Å². The molecule has 2 rings (SSSR count). The van der Waals surface area contributed by atoms with Crippen LogP contribution in [0.5, 0.6) is 11.5 Å². The van der Waals surface area contributed by atoms with Crippen molar-refractivity contribution in [2.45, 2.75) is 32.6 Å². The molecule has 1 aromatic carbocycles. The van der Waals surface area contributed by atoms with E-state index in [0.29, 0.717) is 6.61 Å². The van der Waals surface area contributed by atoms with E-state index in [2.05, 4.69) is 4.90 Å². The van der Waals surface area contributed by atoms with Crippen molar-refractivity contribution in [3.63, 3.8) is 0 Å². The topological polar surface area (TPSA) is 21.7 Å². The number of para-hydroxylation sites is 2. The summed E-state index contributed by atoms with van der Waals surface area (Å²) >= 11 is 0. The Kier molecular flexibility index (Phi) is 6.02. The number of likely N-dealkylation sites (tertiary alicyclic amines) is 1. The third-order valence-electron chi connectivity index (χ3n) is 3.47. The van der Waals surface area contributed by atoms with Gasteiger partial charge in [0.25, 0.3) is 0 Å². The molecule has 0 atom stereocenters. The van der Waals surface area contributed by atoms with Gasteiger partial charge in [0.1, 0.15) is 0 Å². The van der Waals surface area contributed by atoms with Crippen LogP contribution in [0.15, 0.2) is 24.3 Å². The molecule has 19 heavy (non-hydrogen) atoms. The summed E-state index contributed by atoms with van der Waals surface area (Å²) in [5.41, 5.74) is 0. The van der Waals surface area contributed by atoms with Gasteiger partial charge in [-0.3, -0.25) is 0 Å². The Morgan fingerprint density at radius 1 is 1.00 bits per heavy atom. The summed E-state index contributed by atoms with van der Waals surface area (Å²) in [5.74, 6) is 1.71. The molecule has 1 saturated heterocycles. The van der Waals surface area contributed by atoms with Gasteiger partial charge in [0, 0.05) is 6.54 Å². The average molecular weight is 263 g/mol. The van der Waals surface area contributed by atoms with Gasteiger partial charge in [-0.1, -0.05) is 18.6 Å². The summed E-state index contributed by atoms with van der Waals surface area (Å²) in [7, 11) is 0. The largest absolute Gasteiger partial charge is 0.490 e. The molecule has 1 aromatic rings. The summed E-state index contributed by atoms with van der Waals surface area (Å²) in [4.78, 5) is 2.54. The van der Waals surface area contributed by atoms with Crippen molar-refractivity contribution >= 4 is 0 Å². The molecule has 1 aliphatic rings. The monoisotopic (exact) mass is 263 g/mol. The molecule has 106 valence electrons. The van der Waals surface area contributed by atoms with Gasteiger partial charge in [-0.15, -0.1) is 0 Å². The van der Waals surface area contributed by atoms with E-state index in [1.807, 2.05) is 31.2 Å². The summed E-state index contributed by atoms with van der Waals surface area (Å²) < 4.78 is 11.4. The van der Waals surface area contributed by atoms with Crippen LogP contribution in [0.4, 0.5) is 0 Å². The first-order chi connectivity index (χ1) is 9.40. The lowest BCUT2D eigenvalue weighted by atomic mass is 10.1. The third-order valence-corrected chi connectivity index (χ3v) is 3.47. The number of ether oxygens (including phenoxy) is 2. The van der Waals surface area contributed by atoms with E-state index < -0.39 is 0 Å². The zero-order chi connectivity index (χ0) is 13.3. The molecule has 0 aromatic heterocycles. The summed E-state index contributed by atoms with van der Waals surface area (Å²) in [6.07, 6.45) is 5.19. The summed E-state index contributed by atoms with van der Waals surface area (Å²) in [6, 6.07) is 7.91. The SMILES string of the molecule is CCOc1ccccc1OCCCN1CCCCC1. The Morgan fingerprint density at radius 3 is 2.37 bits per heavy atom. The molecule has 0 bridgehead atoms. The van der Waals surface area contributed by atoms with Crippen molar-refractivity contribution in [2.75, 3.05) is 32.8 Å². The highest BCUT2D eigenvalue weighted by molar-refractivity contribution is 5.39. The second-order valence-electron chi connectivity index (χ2n) is 4.98. The van der Waals surface area contributed by atoms with Crippen LogP contribution in [-0.4, -0.2) is 37.7 Å². The third kappa shape index (κ3) is 4.75. The molecular formula is C16H25NO2. The van der Waals surface area contributed by atoms with Crippen LogP contribution in [0, 0.1) is 0 Å². The number of piperidine rings is 1. The number of hydrogen-bond donors (Lipinski definition) is 0. The number of benzene rings is 1. The number of hydrogen-bond acceptors (Lipinski definition) is 3. The van der Waals surface area contributed by atoms with Crippen LogP contribution in [0.2, 0.25) is 0 Å². The van der Waals surface area contributed by atoms with Crippen molar-refractivity contribution < 1.29 is 9.47 Å². The maximum atomic E-state index is 5.83. The lowest BCUT2D eigenvalue weighted by Gasteiger charge is -2.26. The van der Waals surface area contributed by atoms with E-state index in [9.17, 15) is 0 Å². The molecule has 1 fully saturated rings. The minimum Gasteiger partial charge on any atom is -0.490 e. The molecule has 0 amide bonds. The van der Waals surface area contributed by atoms with Gasteiger partial charge in [-0.2, -0.15) is 0 Å². The van der Waals surface area contributed by atoms with E-state index in [4.69, 9.17) is 9.47 Å². The predicted molar refractivity (Wildman–Crippen MR) is 78.0 cm³/mol. The number of rotatable bonds is 7. The van der Waals surface area contributed by atoms with Crippen molar-refractivity contribution in [2.24, 2.45) is 0 Å². The Hall–Kier alpha value is -1.22. The van der Waals surface area contributed by atoms with Crippen molar-refractivity contribution in [3.8, 4) is 11.5 Å². The molecular weight excluding hydrogens is 238 g/mol. The summed E-state index contributed by atoms with van der Waals surface area (Å²) in [6.45, 7) is 7.10. The van der Waals surface area contributed by atoms with Crippen LogP contribution < -0.4 is 9.47 Å². The highest BCUT2D eigenvalue weighted by Gasteiger charge is 2.09. The zero-order valence-corrected chi connectivity index (χ0v) is 11.9. The van der Waals surface area contributed by atoms with Crippen LogP contribution in [0.25, 0.3) is 0 Å². The van der Waals surface area contributed by atoms with Gasteiger partial charge in [0.2, 0.25) is 0 Å². The first-order valence-electron chi connectivity index (χ1n) is 7.47. The predicted octanol–water partition coefficient (Wildman–Crippen LogP) is 3.34. The second-order valence-corrected chi connectivity index (χ2v) is 4.98. The van der Waals surface area contributed by atoms with Gasteiger partial charge >= 0.3 is 0 Å². The van der Waals surface area contributed by atoms with Crippen molar-refractivity contribution in [3.05, 3.63) is 24.3 Å². The van der Waals surface area contributed by atoms with Crippen LogP contribution in [-0.2, 0) is 0 Å². The maximum Gasteiger partial charge on any atom is 0.161 e. The maximum absolute atomic E-state index is 5.83. The van der Waals surface area contributed by atoms with E-state index in [-0.39, 0.29) is 0 Å². The Bertz CT molecular complexity index is 362. The Morgan fingerprint density at radius 2 is 1.68 bits per heavy atom. The van der Waals surface area contributed by atoms with Gasteiger partial charge in [-0.25, -0.2) is 0 Å². The quantitative estimate of drug-likeness (QED) is 0.704. The Labute approximate surface area is 116 Å². The fourth-order valence-electron chi connectivity index (χ4n) is 2.50. The fourth-order valence-corrected chi connectivity index (χ4v) is 2.50. The second kappa shape index (κ2) is 8.05. The average Bonchev–Trinajstić information content (AvgIpc) is 2.47. The van der Waals surface area contributed by atoms with E-state index in [1.54, 1.807) is 0 Å². The minimum atomic E-state index is 0.675. The lowest BCUT2D eigenvalue weighted by Crippen LogP contribution is -2.31. The zero-order valence-electron chi connectivity index (χ0n) is 11.9. The molecule has 0 radical (unpaired) electrons. The highest BCUT2D eigenvalue weighted by atomic mass is 16.5. The molecule has 0 aliphatic carbocycles. The van der Waals surface area contributed by atoms with E-state index >= 15 is 0 Å². The van der Waals surface area contributed by atoms with Crippen LogP contribution in [0.3, 0.4) is 0 Å². The van der Waals surface area contributed by atoms with Gasteiger partial charge in [0.15, 0.2) is 11.5 Å². The van der Waals surface area contributed by atoms with Gasteiger partial charge < -0.3 is 14.4 Å². The van der Waals surface area contributed by atoms with E-state index in [0.717, 1.165) is 31.1 Å². The smallest absolute Gasteiger partial charge is 0.161 e. The minimum absolute atomic E-state index is 0.675. The molecule has 3 heteroatoms. The normalized spacial score (nSPS) is 16.3. The molecule has 0 unspecified atom stereocenters.